The summed E-state index contributed by atoms with van der Waals surface area (Å²) >= 11 is 0. The minimum atomic E-state index is -1.61. The number of carbonyl (C=O) groups excluding carboxylic acids is 5. The first-order valence-corrected chi connectivity index (χ1v) is 7.86. The first-order valence-electron chi connectivity index (χ1n) is 7.86. The molecule has 0 N–H and O–H groups in total. The Kier molecular flexibility index (Phi) is 6.66. The molecule has 0 aromatic rings. The fourth-order valence-electron chi connectivity index (χ4n) is 1.75. The van der Waals surface area contributed by atoms with Gasteiger partial charge in [0.05, 0.1) is 6.42 Å². The van der Waals surface area contributed by atoms with Gasteiger partial charge in [-0.05, 0) is 12.3 Å². The van der Waals surface area contributed by atoms with Crippen molar-refractivity contribution in [1.29, 1.82) is 0 Å². The third-order valence-electron chi connectivity index (χ3n) is 3.64. The van der Waals surface area contributed by atoms with Crippen molar-refractivity contribution in [1.82, 2.24) is 5.06 Å². The molecule has 25 heavy (non-hydrogen) atoms. The van der Waals surface area contributed by atoms with Crippen LogP contribution < -0.4 is 0 Å². The van der Waals surface area contributed by atoms with E-state index in [1.807, 2.05) is 20.8 Å². The topological polar surface area (TPSA) is 116 Å². The Morgan fingerprint density at radius 2 is 1.60 bits per heavy atom. The summed E-state index contributed by atoms with van der Waals surface area (Å²) in [6, 6.07) is 0. The second kappa shape index (κ2) is 8.09. The maximum Gasteiger partial charge on any atom is 0.374 e. The highest BCUT2D eigenvalue weighted by atomic mass is 16.7. The van der Waals surface area contributed by atoms with Crippen LogP contribution in [0.25, 0.3) is 0 Å². The molecule has 0 bridgehead atoms. The molecule has 0 aromatic carbocycles. The summed E-state index contributed by atoms with van der Waals surface area (Å²) in [5, 5.41) is 0.321. The molecule has 2 atom stereocenters. The van der Waals surface area contributed by atoms with Gasteiger partial charge in [0.25, 0.3) is 11.8 Å². The van der Waals surface area contributed by atoms with Gasteiger partial charge in [0.2, 0.25) is 6.10 Å². The number of amides is 2. The molecule has 140 valence electrons. The lowest BCUT2D eigenvalue weighted by Gasteiger charge is -2.27. The van der Waals surface area contributed by atoms with Crippen molar-refractivity contribution in [2.24, 2.45) is 5.41 Å². The molecule has 0 unspecified atom stereocenters. The average Bonchev–Trinajstić information content (AvgIpc) is 2.76. The van der Waals surface area contributed by atoms with Crippen molar-refractivity contribution in [3.63, 3.8) is 0 Å². The number of rotatable bonds is 6. The highest BCUT2D eigenvalue weighted by Crippen LogP contribution is 2.22. The van der Waals surface area contributed by atoms with Gasteiger partial charge in [-0.3, -0.25) is 19.2 Å². The lowest BCUT2D eigenvalue weighted by Crippen LogP contribution is -2.40. The van der Waals surface area contributed by atoms with Crippen LogP contribution in [0.1, 0.15) is 53.9 Å². The molecular weight excluding hydrogens is 334 g/mol. The van der Waals surface area contributed by atoms with Gasteiger partial charge in [-0.2, -0.15) is 0 Å². The Labute approximate surface area is 145 Å². The average molecular weight is 357 g/mol. The normalized spacial score (nSPS) is 17.1. The fourth-order valence-corrected chi connectivity index (χ4v) is 1.75. The molecule has 1 rings (SSSR count). The lowest BCUT2D eigenvalue weighted by atomic mass is 9.90. The Balaban J connectivity index is 2.74. The van der Waals surface area contributed by atoms with Crippen LogP contribution >= 0.6 is 0 Å². The van der Waals surface area contributed by atoms with E-state index >= 15 is 0 Å². The molecule has 0 aromatic heterocycles. The van der Waals surface area contributed by atoms with Gasteiger partial charge in [0.1, 0.15) is 6.10 Å². The number of hydrogen-bond acceptors (Lipinski definition) is 8. The summed E-state index contributed by atoms with van der Waals surface area (Å²) in [4.78, 5) is 62.9. The van der Waals surface area contributed by atoms with Crippen LogP contribution in [0.15, 0.2) is 0 Å². The van der Waals surface area contributed by atoms with Crippen molar-refractivity contribution < 1.29 is 38.3 Å². The van der Waals surface area contributed by atoms with E-state index in [0.29, 0.717) is 5.06 Å². The maximum absolute atomic E-state index is 12.1. The van der Waals surface area contributed by atoms with Gasteiger partial charge in [-0.15, -0.1) is 5.06 Å². The minimum absolute atomic E-state index is 0.0739. The zero-order chi connectivity index (χ0) is 19.4. The van der Waals surface area contributed by atoms with E-state index in [1.165, 1.54) is 0 Å². The monoisotopic (exact) mass is 357 g/mol. The lowest BCUT2D eigenvalue weighted by molar-refractivity contribution is -0.206. The number of nitrogens with zero attached hydrogens (tertiary/aromatic N) is 1. The summed E-state index contributed by atoms with van der Waals surface area (Å²) in [6.45, 7) is 8.35. The van der Waals surface area contributed by atoms with Crippen LogP contribution in [0, 0.1) is 5.41 Å². The highest BCUT2D eigenvalue weighted by Gasteiger charge is 2.37. The van der Waals surface area contributed by atoms with Gasteiger partial charge in [0, 0.05) is 19.8 Å². The van der Waals surface area contributed by atoms with Crippen molar-refractivity contribution in [3.05, 3.63) is 0 Å². The standard InChI is InChI=1S/C16H23NO8/c1-9(16(3,4)5)23-14(21)8-11(24-10(2)18)15(22)25-17-12(19)6-7-13(17)20/h9,11H,6-8H2,1-5H3/t9-,11-/m0/s1. The molecule has 1 aliphatic rings. The quantitative estimate of drug-likeness (QED) is 0.508. The molecular formula is C16H23NO8. The van der Waals surface area contributed by atoms with Crippen LogP contribution in [0.2, 0.25) is 0 Å². The zero-order valence-corrected chi connectivity index (χ0v) is 15.0. The second-order valence-electron chi connectivity index (χ2n) is 6.79. The van der Waals surface area contributed by atoms with Gasteiger partial charge in [0.15, 0.2) is 0 Å². The fraction of sp³-hybridized carbons (Fsp3) is 0.688. The van der Waals surface area contributed by atoms with Crippen molar-refractivity contribution in [2.45, 2.75) is 66.1 Å². The molecule has 9 nitrogen and oxygen atoms in total. The van der Waals surface area contributed by atoms with E-state index in [1.54, 1.807) is 6.92 Å². The molecule has 0 aliphatic carbocycles. The van der Waals surface area contributed by atoms with Gasteiger partial charge in [-0.25, -0.2) is 4.79 Å². The molecule has 2 amide bonds. The van der Waals surface area contributed by atoms with Crippen LogP contribution in [-0.2, 0) is 38.3 Å². The van der Waals surface area contributed by atoms with Gasteiger partial charge < -0.3 is 14.3 Å². The summed E-state index contributed by atoms with van der Waals surface area (Å²) in [6.07, 6.45) is -2.80. The first-order chi connectivity index (χ1) is 11.4. The molecule has 9 heteroatoms. The number of carbonyl (C=O) groups is 5. The van der Waals surface area contributed by atoms with Crippen molar-refractivity contribution in [2.75, 3.05) is 0 Å². The van der Waals surface area contributed by atoms with E-state index in [2.05, 4.69) is 4.84 Å². The number of ether oxygens (including phenoxy) is 2. The Morgan fingerprint density at radius 3 is 2.04 bits per heavy atom. The molecule has 1 saturated heterocycles. The Morgan fingerprint density at radius 1 is 1.08 bits per heavy atom. The molecule has 0 radical (unpaired) electrons. The largest absolute Gasteiger partial charge is 0.462 e. The third-order valence-corrected chi connectivity index (χ3v) is 3.64. The number of imide groups is 1. The molecule has 1 heterocycles. The van der Waals surface area contributed by atoms with Gasteiger partial charge >= 0.3 is 17.9 Å². The van der Waals surface area contributed by atoms with Crippen LogP contribution in [0.5, 0.6) is 0 Å². The van der Waals surface area contributed by atoms with Crippen molar-refractivity contribution in [3.8, 4) is 0 Å². The minimum Gasteiger partial charge on any atom is -0.462 e. The maximum atomic E-state index is 12.1. The van der Waals surface area contributed by atoms with Crippen molar-refractivity contribution >= 4 is 29.7 Å². The number of hydroxylamine groups is 2. The van der Waals surface area contributed by atoms with E-state index < -0.39 is 48.4 Å². The molecule has 0 saturated carbocycles. The summed E-state index contributed by atoms with van der Waals surface area (Å²) in [5.74, 6) is -4.14. The van der Waals surface area contributed by atoms with E-state index in [4.69, 9.17) is 9.47 Å². The molecule has 1 aliphatic heterocycles. The predicted octanol–water partition coefficient (Wildman–Crippen LogP) is 0.893. The molecule has 1 fully saturated rings. The number of esters is 2. The second-order valence-corrected chi connectivity index (χ2v) is 6.79. The van der Waals surface area contributed by atoms with Gasteiger partial charge in [-0.1, -0.05) is 20.8 Å². The summed E-state index contributed by atoms with van der Waals surface area (Å²) in [7, 11) is 0. The van der Waals surface area contributed by atoms with E-state index in [0.717, 1.165) is 6.92 Å². The smallest absolute Gasteiger partial charge is 0.374 e. The SMILES string of the molecule is CC(=O)O[C@@H](CC(=O)O[C@@H](C)C(C)(C)C)C(=O)ON1C(=O)CCC1=O. The van der Waals surface area contributed by atoms with Crippen LogP contribution in [-0.4, -0.2) is 47.0 Å². The summed E-state index contributed by atoms with van der Waals surface area (Å²) in [5.41, 5.74) is -0.318. The van der Waals surface area contributed by atoms with Crippen LogP contribution in [0.3, 0.4) is 0 Å². The van der Waals surface area contributed by atoms with Crippen LogP contribution in [0.4, 0.5) is 0 Å². The predicted molar refractivity (Wildman–Crippen MR) is 82.4 cm³/mol. The van der Waals surface area contributed by atoms with E-state index in [9.17, 15) is 24.0 Å². The third kappa shape index (κ3) is 6.17. The number of hydrogen-bond donors (Lipinski definition) is 0. The first kappa shape index (κ1) is 20.6. The Bertz CT molecular complexity index is 561. The highest BCUT2D eigenvalue weighted by molar-refractivity contribution is 6.02. The summed E-state index contributed by atoms with van der Waals surface area (Å²) < 4.78 is 9.97. The Hall–Kier alpha value is -2.45. The van der Waals surface area contributed by atoms with E-state index in [-0.39, 0.29) is 18.3 Å². The molecule has 0 spiro atoms. The zero-order valence-electron chi connectivity index (χ0n) is 15.0.